The van der Waals surface area contributed by atoms with Crippen LogP contribution in [0.5, 0.6) is 0 Å². The normalized spacial score (nSPS) is 12.6. The minimum Gasteiger partial charge on any atom is -0.464 e. The summed E-state index contributed by atoms with van der Waals surface area (Å²) in [5.74, 6) is -2.08. The predicted octanol–water partition coefficient (Wildman–Crippen LogP) is 1.27. The molecule has 0 aliphatic carbocycles. The van der Waals surface area contributed by atoms with Gasteiger partial charge in [-0.1, -0.05) is 12.1 Å². The lowest BCUT2D eigenvalue weighted by Crippen LogP contribution is -2.46. The van der Waals surface area contributed by atoms with Crippen molar-refractivity contribution in [3.63, 3.8) is 0 Å². The quantitative estimate of drug-likeness (QED) is 0.451. The second-order valence-electron chi connectivity index (χ2n) is 4.81. The fraction of sp³-hybridized carbons (Fsp3) is 0.400. The van der Waals surface area contributed by atoms with E-state index >= 15 is 0 Å². The number of rotatable bonds is 7. The first kappa shape index (κ1) is 19.1. The van der Waals surface area contributed by atoms with Gasteiger partial charge >= 0.3 is 11.9 Å². The van der Waals surface area contributed by atoms with E-state index in [1.165, 1.54) is 31.2 Å². The molecule has 130 valence electrons. The number of hydrogen-bond acceptors (Lipinski definition) is 7. The van der Waals surface area contributed by atoms with Gasteiger partial charge in [-0.2, -0.15) is 0 Å². The van der Waals surface area contributed by atoms with Gasteiger partial charge in [-0.3, -0.25) is 19.7 Å². The molecular weight excluding hydrogens is 320 g/mol. The molecule has 0 aliphatic heterocycles. The summed E-state index contributed by atoms with van der Waals surface area (Å²) < 4.78 is 10.0. The maximum absolute atomic E-state index is 12.1. The van der Waals surface area contributed by atoms with Gasteiger partial charge in [-0.05, 0) is 6.92 Å². The Balaban J connectivity index is 3.31. The summed E-state index contributed by atoms with van der Waals surface area (Å²) in [4.78, 5) is 45.2. The molecule has 0 spiro atoms. The minimum atomic E-state index is -1.33. The Morgan fingerprint density at radius 1 is 1.29 bits per heavy atom. The molecule has 9 heteroatoms. The van der Waals surface area contributed by atoms with Gasteiger partial charge in [0.2, 0.25) is 5.91 Å². The molecule has 0 fully saturated rings. The lowest BCUT2D eigenvalue weighted by molar-refractivity contribution is -0.385. The summed E-state index contributed by atoms with van der Waals surface area (Å²) in [5, 5.41) is 13.3. The second-order valence-corrected chi connectivity index (χ2v) is 4.81. The highest BCUT2D eigenvalue weighted by molar-refractivity contribution is 5.84. The van der Waals surface area contributed by atoms with Crippen LogP contribution in [-0.4, -0.2) is 35.4 Å². The molecule has 0 bridgehead atoms. The molecule has 1 aromatic rings. The standard InChI is InChI=1S/C15H18N2O7/c1-4-23-15(20)13(16-9(2)18)14(24-10(3)19)11-6-5-7-12(8-11)17(21)22/h5-8,13-14H,4H2,1-3H3,(H,16,18)/t13-,14-/m1/s1. The van der Waals surface area contributed by atoms with Crippen LogP contribution in [-0.2, 0) is 23.9 Å². The number of benzene rings is 1. The molecule has 9 nitrogen and oxygen atoms in total. The number of amides is 1. The van der Waals surface area contributed by atoms with Crippen molar-refractivity contribution >= 4 is 23.5 Å². The summed E-state index contributed by atoms with van der Waals surface area (Å²) in [6, 6.07) is 3.94. The van der Waals surface area contributed by atoms with E-state index in [0.717, 1.165) is 6.92 Å². The van der Waals surface area contributed by atoms with Crippen molar-refractivity contribution in [3.8, 4) is 0 Å². The highest BCUT2D eigenvalue weighted by atomic mass is 16.6. The molecule has 1 aromatic carbocycles. The topological polar surface area (TPSA) is 125 Å². The number of nitrogens with zero attached hydrogens (tertiary/aromatic N) is 1. The largest absolute Gasteiger partial charge is 0.464 e. The van der Waals surface area contributed by atoms with Crippen LogP contribution in [0.1, 0.15) is 32.4 Å². The van der Waals surface area contributed by atoms with Crippen LogP contribution in [0.3, 0.4) is 0 Å². The monoisotopic (exact) mass is 338 g/mol. The number of nitrogens with one attached hydrogen (secondary N) is 1. The summed E-state index contributed by atoms with van der Waals surface area (Å²) in [7, 11) is 0. The van der Waals surface area contributed by atoms with Gasteiger partial charge in [0.05, 0.1) is 11.5 Å². The zero-order valence-corrected chi connectivity index (χ0v) is 13.5. The van der Waals surface area contributed by atoms with E-state index < -0.39 is 34.9 Å². The Kier molecular flexibility index (Phi) is 6.84. The molecule has 1 rings (SSSR count). The lowest BCUT2D eigenvalue weighted by Gasteiger charge is -2.25. The smallest absolute Gasteiger partial charge is 0.332 e. The van der Waals surface area contributed by atoms with Crippen LogP contribution >= 0.6 is 0 Å². The van der Waals surface area contributed by atoms with Crippen molar-refractivity contribution in [1.29, 1.82) is 0 Å². The number of hydrogen-bond donors (Lipinski definition) is 1. The molecular formula is C15H18N2O7. The van der Waals surface area contributed by atoms with Gasteiger partial charge in [0.25, 0.3) is 5.69 Å². The first-order chi connectivity index (χ1) is 11.3. The molecule has 0 unspecified atom stereocenters. The van der Waals surface area contributed by atoms with Crippen molar-refractivity contribution < 1.29 is 28.8 Å². The molecule has 0 radical (unpaired) electrons. The summed E-state index contributed by atoms with van der Waals surface area (Å²) in [5.41, 5.74) is -0.0544. The molecule has 0 aromatic heterocycles. The number of carbonyl (C=O) groups excluding carboxylic acids is 3. The summed E-state index contributed by atoms with van der Waals surface area (Å²) in [6.07, 6.45) is -1.26. The Morgan fingerprint density at radius 2 is 1.96 bits per heavy atom. The Labute approximate surface area is 138 Å². The number of nitro benzene ring substituents is 1. The third-order valence-electron chi connectivity index (χ3n) is 2.90. The van der Waals surface area contributed by atoms with Crippen molar-refractivity contribution in [2.75, 3.05) is 6.61 Å². The number of nitro groups is 1. The van der Waals surface area contributed by atoms with E-state index in [2.05, 4.69) is 5.32 Å². The zero-order valence-electron chi connectivity index (χ0n) is 13.5. The van der Waals surface area contributed by atoms with Gasteiger partial charge in [-0.25, -0.2) is 4.79 Å². The first-order valence-electron chi connectivity index (χ1n) is 7.11. The van der Waals surface area contributed by atoms with E-state index in [-0.39, 0.29) is 17.9 Å². The number of carbonyl (C=O) groups is 3. The Bertz CT molecular complexity index is 644. The first-order valence-corrected chi connectivity index (χ1v) is 7.11. The molecule has 0 heterocycles. The fourth-order valence-corrected chi connectivity index (χ4v) is 2.03. The molecule has 0 saturated carbocycles. The maximum atomic E-state index is 12.1. The minimum absolute atomic E-state index is 0.0522. The average Bonchev–Trinajstić information content (AvgIpc) is 2.50. The Morgan fingerprint density at radius 3 is 2.46 bits per heavy atom. The van der Waals surface area contributed by atoms with E-state index in [0.29, 0.717) is 0 Å². The van der Waals surface area contributed by atoms with Gasteiger partial charge in [0.1, 0.15) is 0 Å². The molecule has 0 aliphatic rings. The number of non-ortho nitro benzene ring substituents is 1. The molecule has 0 saturated heterocycles. The molecule has 2 atom stereocenters. The molecule has 1 N–H and O–H groups in total. The van der Waals surface area contributed by atoms with E-state index in [1.807, 2.05) is 0 Å². The Hall–Kier alpha value is -2.97. The van der Waals surface area contributed by atoms with Crippen LogP contribution in [0, 0.1) is 10.1 Å². The highest BCUT2D eigenvalue weighted by Gasteiger charge is 2.35. The zero-order chi connectivity index (χ0) is 18.3. The molecule has 24 heavy (non-hydrogen) atoms. The second kappa shape index (κ2) is 8.61. The van der Waals surface area contributed by atoms with Crippen molar-refractivity contribution in [1.82, 2.24) is 5.32 Å². The summed E-state index contributed by atoms with van der Waals surface area (Å²) >= 11 is 0. The van der Waals surface area contributed by atoms with Crippen LogP contribution in [0.15, 0.2) is 24.3 Å². The third kappa shape index (κ3) is 5.34. The van der Waals surface area contributed by atoms with Crippen molar-refractivity contribution in [3.05, 3.63) is 39.9 Å². The van der Waals surface area contributed by atoms with Crippen LogP contribution < -0.4 is 5.32 Å². The van der Waals surface area contributed by atoms with Gasteiger partial charge < -0.3 is 14.8 Å². The van der Waals surface area contributed by atoms with Crippen molar-refractivity contribution in [2.24, 2.45) is 0 Å². The summed E-state index contributed by atoms with van der Waals surface area (Å²) in [6.45, 7) is 3.94. The predicted molar refractivity (Wildman–Crippen MR) is 81.8 cm³/mol. The van der Waals surface area contributed by atoms with Gasteiger partial charge in [0, 0.05) is 31.5 Å². The van der Waals surface area contributed by atoms with E-state index in [4.69, 9.17) is 9.47 Å². The lowest BCUT2D eigenvalue weighted by atomic mass is 10.0. The highest BCUT2D eigenvalue weighted by Crippen LogP contribution is 2.26. The number of ether oxygens (including phenoxy) is 2. The SMILES string of the molecule is CCOC(=O)[C@H](NC(C)=O)[C@H](OC(C)=O)c1cccc([N+](=O)[O-])c1. The average molecular weight is 338 g/mol. The van der Waals surface area contributed by atoms with E-state index in [9.17, 15) is 24.5 Å². The molecule has 1 amide bonds. The van der Waals surface area contributed by atoms with E-state index in [1.54, 1.807) is 6.92 Å². The van der Waals surface area contributed by atoms with Gasteiger partial charge in [-0.15, -0.1) is 0 Å². The number of esters is 2. The van der Waals surface area contributed by atoms with Crippen molar-refractivity contribution in [2.45, 2.75) is 32.9 Å². The van der Waals surface area contributed by atoms with Crippen LogP contribution in [0.2, 0.25) is 0 Å². The van der Waals surface area contributed by atoms with Crippen LogP contribution in [0.25, 0.3) is 0 Å². The fourth-order valence-electron chi connectivity index (χ4n) is 2.03. The third-order valence-corrected chi connectivity index (χ3v) is 2.90. The van der Waals surface area contributed by atoms with Gasteiger partial charge in [0.15, 0.2) is 12.1 Å². The van der Waals surface area contributed by atoms with Crippen LogP contribution in [0.4, 0.5) is 5.69 Å². The maximum Gasteiger partial charge on any atom is 0.332 e.